The zero-order valence-electron chi connectivity index (χ0n) is 17.0. The van der Waals surface area contributed by atoms with E-state index >= 15 is 0 Å². The molecule has 0 unspecified atom stereocenters. The lowest BCUT2D eigenvalue weighted by Crippen LogP contribution is -2.35. The molecule has 0 aliphatic heterocycles. The van der Waals surface area contributed by atoms with Crippen LogP contribution in [0.15, 0.2) is 36.7 Å². The normalized spacial score (nSPS) is 11.7. The number of nitrogens with one attached hydrogen (secondary N) is 1. The second kappa shape index (κ2) is 7.50. The number of benzene rings is 1. The zero-order valence-corrected chi connectivity index (χ0v) is 17.0. The number of anilines is 1. The second-order valence-electron chi connectivity index (χ2n) is 7.60. The number of aromatic nitrogens is 5. The van der Waals surface area contributed by atoms with Gasteiger partial charge in [0.25, 0.3) is 5.91 Å². The van der Waals surface area contributed by atoms with Crippen molar-refractivity contribution in [1.82, 2.24) is 24.5 Å². The highest BCUT2D eigenvalue weighted by atomic mass is 16.4. The van der Waals surface area contributed by atoms with Crippen LogP contribution in [0, 0.1) is 6.92 Å². The quantitative estimate of drug-likeness (QED) is 0.662. The molecule has 0 fully saturated rings. The number of carbonyl (C=O) groups is 2. The molecule has 1 aromatic carbocycles. The first-order valence-corrected chi connectivity index (χ1v) is 9.24. The second-order valence-corrected chi connectivity index (χ2v) is 7.60. The van der Waals surface area contributed by atoms with Gasteiger partial charge in [0, 0.05) is 6.20 Å². The third-order valence-electron chi connectivity index (χ3n) is 4.70. The van der Waals surface area contributed by atoms with Crippen LogP contribution < -0.4 is 5.32 Å². The zero-order chi connectivity index (χ0) is 21.3. The minimum Gasteiger partial charge on any atom is -0.479 e. The van der Waals surface area contributed by atoms with Gasteiger partial charge in [0.1, 0.15) is 5.82 Å². The molecule has 29 heavy (non-hydrogen) atoms. The van der Waals surface area contributed by atoms with E-state index < -0.39 is 17.4 Å². The van der Waals surface area contributed by atoms with Crippen molar-refractivity contribution in [2.75, 3.05) is 5.32 Å². The molecule has 9 heteroatoms. The molecule has 0 saturated carbocycles. The van der Waals surface area contributed by atoms with Crippen LogP contribution in [-0.4, -0.2) is 41.5 Å². The van der Waals surface area contributed by atoms with Gasteiger partial charge < -0.3 is 10.4 Å². The Bertz CT molecular complexity index is 1060. The molecule has 0 radical (unpaired) electrons. The van der Waals surface area contributed by atoms with Crippen LogP contribution >= 0.6 is 0 Å². The van der Waals surface area contributed by atoms with Gasteiger partial charge in [-0.3, -0.25) is 9.48 Å². The van der Waals surface area contributed by atoms with Crippen molar-refractivity contribution in [2.45, 2.75) is 46.1 Å². The number of nitrogens with zero attached hydrogens (tertiary/aromatic N) is 5. The Morgan fingerprint density at radius 1 is 1.21 bits per heavy atom. The minimum atomic E-state index is -1.24. The van der Waals surface area contributed by atoms with Gasteiger partial charge in [-0.15, -0.1) is 5.10 Å². The SMILES string of the molecule is Cc1nc(C(=O)Nc2cnn(C(C)(C)C(=O)O)c2)nn1-c1ccccc1C(C)C. The Morgan fingerprint density at radius 3 is 2.55 bits per heavy atom. The minimum absolute atomic E-state index is 0.0197. The van der Waals surface area contributed by atoms with Gasteiger partial charge in [0.2, 0.25) is 5.82 Å². The lowest BCUT2D eigenvalue weighted by molar-refractivity contribution is -0.146. The highest BCUT2D eigenvalue weighted by molar-refractivity contribution is 6.01. The first-order chi connectivity index (χ1) is 13.6. The molecule has 0 spiro atoms. The Kier molecular flexibility index (Phi) is 5.23. The standard InChI is InChI=1S/C20H24N6O3/c1-12(2)15-8-6-7-9-16(15)26-13(3)22-17(24-26)18(27)23-14-10-21-25(11-14)20(4,5)19(28)29/h6-12H,1-5H3,(H,23,27)(H,28,29). The number of carboxylic acid groups (broad SMARTS) is 1. The predicted molar refractivity (Wildman–Crippen MR) is 107 cm³/mol. The topological polar surface area (TPSA) is 115 Å². The van der Waals surface area contributed by atoms with Crippen LogP contribution in [0.2, 0.25) is 0 Å². The molecule has 2 N–H and O–H groups in total. The van der Waals surface area contributed by atoms with Crippen LogP contribution in [0.5, 0.6) is 0 Å². The number of hydrogen-bond donors (Lipinski definition) is 2. The van der Waals surface area contributed by atoms with E-state index in [1.165, 1.54) is 30.9 Å². The van der Waals surface area contributed by atoms with E-state index in [1.807, 2.05) is 24.3 Å². The molecule has 2 heterocycles. The Labute approximate surface area is 168 Å². The molecule has 0 saturated heterocycles. The number of carboxylic acids is 1. The van der Waals surface area contributed by atoms with Crippen LogP contribution in [0.1, 0.15) is 55.6 Å². The molecule has 9 nitrogen and oxygen atoms in total. The third kappa shape index (κ3) is 3.89. The van der Waals surface area contributed by atoms with Crippen LogP contribution in [-0.2, 0) is 10.3 Å². The molecular formula is C20H24N6O3. The highest BCUT2D eigenvalue weighted by Gasteiger charge is 2.30. The summed E-state index contributed by atoms with van der Waals surface area (Å²) in [6, 6.07) is 7.85. The Morgan fingerprint density at radius 2 is 1.90 bits per heavy atom. The average molecular weight is 396 g/mol. The molecule has 0 bridgehead atoms. The highest BCUT2D eigenvalue weighted by Crippen LogP contribution is 2.23. The van der Waals surface area contributed by atoms with E-state index in [2.05, 4.69) is 34.3 Å². The van der Waals surface area contributed by atoms with Crippen molar-refractivity contribution in [3.8, 4) is 5.69 Å². The summed E-state index contributed by atoms with van der Waals surface area (Å²) in [5.74, 6) is -0.632. The molecule has 152 valence electrons. The first kappa shape index (κ1) is 20.2. The largest absolute Gasteiger partial charge is 0.479 e. The fourth-order valence-corrected chi connectivity index (χ4v) is 2.86. The molecule has 1 amide bonds. The molecule has 0 aliphatic carbocycles. The van der Waals surface area contributed by atoms with Crippen molar-refractivity contribution >= 4 is 17.6 Å². The van der Waals surface area contributed by atoms with Gasteiger partial charge in [0.05, 0.1) is 17.6 Å². The fraction of sp³-hybridized carbons (Fsp3) is 0.350. The van der Waals surface area contributed by atoms with E-state index in [4.69, 9.17) is 0 Å². The smallest absolute Gasteiger partial charge is 0.331 e. The van der Waals surface area contributed by atoms with Gasteiger partial charge >= 0.3 is 5.97 Å². The summed E-state index contributed by atoms with van der Waals surface area (Å²) in [5.41, 5.74) is 1.10. The lowest BCUT2D eigenvalue weighted by Gasteiger charge is -2.19. The van der Waals surface area contributed by atoms with Crippen LogP contribution in [0.3, 0.4) is 0 Å². The summed E-state index contributed by atoms with van der Waals surface area (Å²) in [5, 5.41) is 20.4. The van der Waals surface area contributed by atoms with Crippen molar-refractivity contribution in [2.24, 2.45) is 0 Å². The number of rotatable bonds is 6. The lowest BCUT2D eigenvalue weighted by atomic mass is 10.0. The fourth-order valence-electron chi connectivity index (χ4n) is 2.86. The van der Waals surface area contributed by atoms with Crippen molar-refractivity contribution in [3.05, 3.63) is 53.9 Å². The van der Waals surface area contributed by atoms with E-state index in [1.54, 1.807) is 11.6 Å². The van der Waals surface area contributed by atoms with Gasteiger partial charge in [-0.1, -0.05) is 32.0 Å². The molecule has 0 aliphatic rings. The molecular weight excluding hydrogens is 372 g/mol. The Balaban J connectivity index is 1.85. The molecule has 3 rings (SSSR count). The maximum atomic E-state index is 12.6. The Hall–Kier alpha value is -3.49. The van der Waals surface area contributed by atoms with Crippen molar-refractivity contribution < 1.29 is 14.7 Å². The molecule has 3 aromatic rings. The van der Waals surface area contributed by atoms with Crippen LogP contribution in [0.25, 0.3) is 5.69 Å². The summed E-state index contributed by atoms with van der Waals surface area (Å²) >= 11 is 0. The predicted octanol–water partition coefficient (Wildman–Crippen LogP) is 2.97. The summed E-state index contributed by atoms with van der Waals surface area (Å²) in [6.45, 7) is 9.01. The monoisotopic (exact) mass is 396 g/mol. The van der Waals surface area contributed by atoms with E-state index in [0.717, 1.165) is 11.3 Å². The first-order valence-electron chi connectivity index (χ1n) is 9.24. The van der Waals surface area contributed by atoms with Gasteiger partial charge in [-0.05, 0) is 38.3 Å². The van der Waals surface area contributed by atoms with Crippen LogP contribution in [0.4, 0.5) is 5.69 Å². The number of aliphatic carboxylic acids is 1. The number of carbonyl (C=O) groups excluding carboxylic acids is 1. The summed E-state index contributed by atoms with van der Waals surface area (Å²) in [4.78, 5) is 28.3. The maximum Gasteiger partial charge on any atom is 0.331 e. The van der Waals surface area contributed by atoms with E-state index in [9.17, 15) is 14.7 Å². The van der Waals surface area contributed by atoms with Gasteiger partial charge in [-0.25, -0.2) is 14.5 Å². The van der Waals surface area contributed by atoms with Crippen molar-refractivity contribution in [3.63, 3.8) is 0 Å². The number of hydrogen-bond acceptors (Lipinski definition) is 5. The third-order valence-corrected chi connectivity index (χ3v) is 4.70. The van der Waals surface area contributed by atoms with E-state index in [0.29, 0.717) is 11.5 Å². The van der Waals surface area contributed by atoms with E-state index in [-0.39, 0.29) is 11.7 Å². The van der Waals surface area contributed by atoms with Gasteiger partial charge in [0.15, 0.2) is 5.54 Å². The number of aryl methyl sites for hydroxylation is 1. The molecule has 2 aromatic heterocycles. The van der Waals surface area contributed by atoms with Gasteiger partial charge in [-0.2, -0.15) is 5.10 Å². The summed E-state index contributed by atoms with van der Waals surface area (Å²) in [7, 11) is 0. The summed E-state index contributed by atoms with van der Waals surface area (Å²) in [6.07, 6.45) is 2.85. The maximum absolute atomic E-state index is 12.6. The number of amides is 1. The molecule has 0 atom stereocenters. The number of para-hydroxylation sites is 1. The summed E-state index contributed by atoms with van der Waals surface area (Å²) < 4.78 is 2.93. The van der Waals surface area contributed by atoms with Crippen molar-refractivity contribution in [1.29, 1.82) is 0 Å². The average Bonchev–Trinajstić information content (AvgIpc) is 3.28.